The number of ether oxygens (including phenoxy) is 3. The van der Waals surface area contributed by atoms with Gasteiger partial charge < -0.3 is 24.4 Å². The maximum absolute atomic E-state index is 12.8. The van der Waals surface area contributed by atoms with Crippen LogP contribution in [-0.4, -0.2) is 57.2 Å². The van der Waals surface area contributed by atoms with Crippen LogP contribution in [0.1, 0.15) is 28.8 Å². The molecule has 0 radical (unpaired) electrons. The van der Waals surface area contributed by atoms with Crippen LogP contribution in [0.15, 0.2) is 48.5 Å². The van der Waals surface area contributed by atoms with Crippen molar-refractivity contribution < 1.29 is 23.8 Å². The van der Waals surface area contributed by atoms with Gasteiger partial charge in [-0.1, -0.05) is 12.1 Å². The summed E-state index contributed by atoms with van der Waals surface area (Å²) in [6.07, 6.45) is 4.72. The lowest BCUT2D eigenvalue weighted by Crippen LogP contribution is -2.46. The molecule has 0 aromatic heterocycles. The topological polar surface area (TPSA) is 77.1 Å². The van der Waals surface area contributed by atoms with E-state index in [1.54, 1.807) is 50.5 Å². The first-order valence-electron chi connectivity index (χ1n) is 10.2. The van der Waals surface area contributed by atoms with E-state index in [-0.39, 0.29) is 17.9 Å². The predicted octanol–water partition coefficient (Wildman–Crippen LogP) is 3.15. The number of hydrogen-bond donors (Lipinski definition) is 1. The van der Waals surface area contributed by atoms with Gasteiger partial charge in [0.15, 0.2) is 11.5 Å². The van der Waals surface area contributed by atoms with Crippen molar-refractivity contribution >= 4 is 17.9 Å². The Morgan fingerprint density at radius 2 is 1.61 bits per heavy atom. The number of nitrogens with one attached hydrogen (secondary N) is 1. The van der Waals surface area contributed by atoms with Gasteiger partial charge in [-0.15, -0.1) is 0 Å². The molecule has 0 saturated carbocycles. The zero-order valence-corrected chi connectivity index (χ0v) is 18.1. The van der Waals surface area contributed by atoms with Crippen molar-refractivity contribution in [1.82, 2.24) is 10.2 Å². The molecule has 31 heavy (non-hydrogen) atoms. The molecule has 1 heterocycles. The Balaban J connectivity index is 1.50. The van der Waals surface area contributed by atoms with Crippen molar-refractivity contribution in [2.45, 2.75) is 18.9 Å². The maximum atomic E-state index is 12.8. The summed E-state index contributed by atoms with van der Waals surface area (Å²) < 4.78 is 15.6. The summed E-state index contributed by atoms with van der Waals surface area (Å²) in [5, 5.41) is 3.02. The predicted molar refractivity (Wildman–Crippen MR) is 119 cm³/mol. The summed E-state index contributed by atoms with van der Waals surface area (Å²) in [5.41, 5.74) is 1.48. The van der Waals surface area contributed by atoms with E-state index in [1.165, 1.54) is 6.08 Å². The second-order valence-corrected chi connectivity index (χ2v) is 7.25. The summed E-state index contributed by atoms with van der Waals surface area (Å²) in [6, 6.07) is 12.7. The smallest absolute Gasteiger partial charge is 0.253 e. The van der Waals surface area contributed by atoms with E-state index in [9.17, 15) is 9.59 Å². The fourth-order valence-corrected chi connectivity index (χ4v) is 3.51. The number of carbonyl (C=O) groups excluding carboxylic acids is 2. The summed E-state index contributed by atoms with van der Waals surface area (Å²) in [7, 11) is 4.72. The third kappa shape index (κ3) is 5.78. The van der Waals surface area contributed by atoms with Crippen LogP contribution in [0, 0.1) is 0 Å². The fraction of sp³-hybridized carbons (Fsp3) is 0.333. The third-order valence-electron chi connectivity index (χ3n) is 5.30. The van der Waals surface area contributed by atoms with Gasteiger partial charge in [0.2, 0.25) is 5.91 Å². The lowest BCUT2D eigenvalue weighted by Gasteiger charge is -2.32. The minimum atomic E-state index is -0.138. The Morgan fingerprint density at radius 1 is 0.935 bits per heavy atom. The van der Waals surface area contributed by atoms with Crippen molar-refractivity contribution in [3.8, 4) is 17.2 Å². The van der Waals surface area contributed by atoms with Crippen LogP contribution in [0.5, 0.6) is 17.2 Å². The Hall–Kier alpha value is -3.48. The highest BCUT2D eigenvalue weighted by molar-refractivity contribution is 5.95. The minimum absolute atomic E-state index is 0.0440. The molecule has 1 aliphatic rings. The second kappa shape index (κ2) is 10.5. The van der Waals surface area contributed by atoms with Crippen molar-refractivity contribution in [3.63, 3.8) is 0 Å². The number of hydrogen-bond acceptors (Lipinski definition) is 5. The molecule has 1 aliphatic heterocycles. The van der Waals surface area contributed by atoms with Gasteiger partial charge >= 0.3 is 0 Å². The lowest BCUT2D eigenvalue weighted by atomic mass is 10.0. The van der Waals surface area contributed by atoms with Gasteiger partial charge in [0, 0.05) is 30.8 Å². The van der Waals surface area contributed by atoms with Gasteiger partial charge in [-0.25, -0.2) is 0 Å². The van der Waals surface area contributed by atoms with Gasteiger partial charge in [-0.3, -0.25) is 9.59 Å². The monoisotopic (exact) mass is 424 g/mol. The quantitative estimate of drug-likeness (QED) is 0.691. The zero-order chi connectivity index (χ0) is 22.2. The highest BCUT2D eigenvalue weighted by Gasteiger charge is 2.25. The number of piperidine rings is 1. The van der Waals surface area contributed by atoms with Gasteiger partial charge in [0.05, 0.1) is 21.3 Å². The van der Waals surface area contributed by atoms with E-state index in [2.05, 4.69) is 5.32 Å². The molecule has 0 unspecified atom stereocenters. The third-order valence-corrected chi connectivity index (χ3v) is 5.30. The van der Waals surface area contributed by atoms with Crippen LogP contribution in [0.2, 0.25) is 0 Å². The number of carbonyl (C=O) groups is 2. The molecule has 0 bridgehead atoms. The minimum Gasteiger partial charge on any atom is -0.497 e. The van der Waals surface area contributed by atoms with Crippen LogP contribution >= 0.6 is 0 Å². The first kappa shape index (κ1) is 22.2. The number of rotatable bonds is 7. The second-order valence-electron chi connectivity index (χ2n) is 7.25. The van der Waals surface area contributed by atoms with Gasteiger partial charge in [-0.2, -0.15) is 0 Å². The number of amides is 2. The van der Waals surface area contributed by atoms with E-state index in [0.29, 0.717) is 43.0 Å². The Labute approximate surface area is 182 Å². The van der Waals surface area contributed by atoms with Gasteiger partial charge in [0.1, 0.15) is 5.75 Å². The van der Waals surface area contributed by atoms with Crippen LogP contribution in [0.25, 0.3) is 6.08 Å². The van der Waals surface area contributed by atoms with Crippen molar-refractivity contribution in [2.24, 2.45) is 0 Å². The molecule has 0 atom stereocenters. The highest BCUT2D eigenvalue weighted by Crippen LogP contribution is 2.28. The number of benzene rings is 2. The molecule has 2 aromatic rings. The zero-order valence-electron chi connectivity index (χ0n) is 18.1. The standard InChI is InChI=1S/C24H28N2O5/c1-29-20-8-4-17(5-9-20)6-11-23(27)25-19-12-14-26(15-13-19)24(28)18-7-10-21(30-2)22(16-18)31-3/h4-11,16,19H,12-15H2,1-3H3,(H,25,27)/b11-6+. The largest absolute Gasteiger partial charge is 0.497 e. The van der Waals surface area contributed by atoms with Crippen molar-refractivity contribution in [2.75, 3.05) is 34.4 Å². The summed E-state index contributed by atoms with van der Waals surface area (Å²) >= 11 is 0. The molecule has 7 nitrogen and oxygen atoms in total. The SMILES string of the molecule is COc1ccc(/C=C/C(=O)NC2CCN(C(=O)c3ccc(OC)c(OC)c3)CC2)cc1. The van der Waals surface area contributed by atoms with Gasteiger partial charge in [-0.05, 0) is 54.8 Å². The first-order valence-corrected chi connectivity index (χ1v) is 10.2. The molecule has 1 N–H and O–H groups in total. The van der Waals surface area contributed by atoms with Gasteiger partial charge in [0.25, 0.3) is 5.91 Å². The van der Waals surface area contributed by atoms with E-state index >= 15 is 0 Å². The molecule has 1 saturated heterocycles. The Morgan fingerprint density at radius 3 is 2.23 bits per heavy atom. The van der Waals surface area contributed by atoms with E-state index in [1.807, 2.05) is 24.3 Å². The van der Waals surface area contributed by atoms with Crippen LogP contribution < -0.4 is 19.5 Å². The van der Waals surface area contributed by atoms with E-state index in [4.69, 9.17) is 14.2 Å². The molecule has 2 aromatic carbocycles. The number of methoxy groups -OCH3 is 3. The average Bonchev–Trinajstić information content (AvgIpc) is 2.82. The lowest BCUT2D eigenvalue weighted by molar-refractivity contribution is -0.117. The first-order chi connectivity index (χ1) is 15.0. The molecular weight excluding hydrogens is 396 g/mol. The fourth-order valence-electron chi connectivity index (χ4n) is 3.51. The normalized spacial score (nSPS) is 14.4. The number of nitrogens with zero attached hydrogens (tertiary/aromatic N) is 1. The number of likely N-dealkylation sites (tertiary alicyclic amines) is 1. The molecular formula is C24H28N2O5. The molecule has 2 amide bonds. The van der Waals surface area contributed by atoms with Crippen molar-refractivity contribution in [3.05, 3.63) is 59.7 Å². The van der Waals surface area contributed by atoms with Crippen LogP contribution in [0.4, 0.5) is 0 Å². The summed E-state index contributed by atoms with van der Waals surface area (Å²) in [6.45, 7) is 1.17. The van der Waals surface area contributed by atoms with E-state index < -0.39 is 0 Å². The summed E-state index contributed by atoms with van der Waals surface area (Å²) in [5.74, 6) is 1.70. The maximum Gasteiger partial charge on any atom is 0.253 e. The molecule has 3 rings (SSSR count). The summed E-state index contributed by atoms with van der Waals surface area (Å²) in [4.78, 5) is 26.9. The molecule has 164 valence electrons. The molecule has 0 spiro atoms. The Bertz CT molecular complexity index is 931. The molecule has 1 fully saturated rings. The molecule has 0 aliphatic carbocycles. The molecule has 7 heteroatoms. The Kier molecular flexibility index (Phi) is 7.54. The van der Waals surface area contributed by atoms with E-state index in [0.717, 1.165) is 11.3 Å². The van der Waals surface area contributed by atoms with Crippen molar-refractivity contribution in [1.29, 1.82) is 0 Å². The average molecular weight is 424 g/mol. The highest BCUT2D eigenvalue weighted by atomic mass is 16.5. The van der Waals surface area contributed by atoms with Crippen LogP contribution in [-0.2, 0) is 4.79 Å². The van der Waals surface area contributed by atoms with Crippen LogP contribution in [0.3, 0.4) is 0 Å².